The van der Waals surface area contributed by atoms with Crippen LogP contribution >= 0.6 is 31.9 Å². The Labute approximate surface area is 126 Å². The van der Waals surface area contributed by atoms with Crippen molar-refractivity contribution in [3.05, 3.63) is 0 Å². The van der Waals surface area contributed by atoms with Crippen molar-refractivity contribution in [3.8, 4) is 0 Å². The Hall–Kier alpha value is 0.390. The van der Waals surface area contributed by atoms with Gasteiger partial charge in [0.05, 0.1) is 20.1 Å². The van der Waals surface area contributed by atoms with Gasteiger partial charge in [-0.2, -0.15) is 0 Å². The molecule has 1 saturated carbocycles. The van der Waals surface area contributed by atoms with Gasteiger partial charge in [0.2, 0.25) is 0 Å². The maximum Gasteiger partial charge on any atom is 0.331 e. The number of halogens is 2. The van der Waals surface area contributed by atoms with Crippen LogP contribution in [0.3, 0.4) is 0 Å². The molecule has 5 heteroatoms. The molecule has 0 atom stereocenters. The van der Waals surface area contributed by atoms with Crippen molar-refractivity contribution in [2.24, 2.45) is 5.92 Å². The highest BCUT2D eigenvalue weighted by molar-refractivity contribution is 9.25. The third-order valence-electron chi connectivity index (χ3n) is 4.52. The summed E-state index contributed by atoms with van der Waals surface area (Å²) in [6.45, 7) is 2.41. The molecule has 0 aromatic heterocycles. The zero-order valence-corrected chi connectivity index (χ0v) is 14.1. The highest BCUT2D eigenvalue weighted by atomic mass is 79.9. The molecule has 2 rings (SSSR count). The van der Waals surface area contributed by atoms with Crippen LogP contribution in [0.5, 0.6) is 0 Å². The van der Waals surface area contributed by atoms with Crippen LogP contribution in [0.15, 0.2) is 0 Å². The molecule has 18 heavy (non-hydrogen) atoms. The second-order valence-electron chi connectivity index (χ2n) is 5.73. The first kappa shape index (κ1) is 14.8. The van der Waals surface area contributed by atoms with E-state index in [0.717, 1.165) is 12.8 Å². The van der Waals surface area contributed by atoms with E-state index in [9.17, 15) is 4.79 Å². The van der Waals surface area contributed by atoms with Gasteiger partial charge in [-0.05, 0) is 25.7 Å². The molecule has 2 aliphatic rings. The number of piperidine rings is 1. The number of carbonyl (C=O) groups is 1. The number of likely N-dealkylation sites (tertiary alicyclic amines) is 1. The Morgan fingerprint density at radius 3 is 2.33 bits per heavy atom. The Morgan fingerprint density at radius 2 is 1.83 bits per heavy atom. The van der Waals surface area contributed by atoms with Crippen molar-refractivity contribution in [1.29, 1.82) is 0 Å². The Morgan fingerprint density at radius 1 is 1.28 bits per heavy atom. The van der Waals surface area contributed by atoms with E-state index in [0.29, 0.717) is 5.92 Å². The molecular formula is C13H22Br2NO2+. The molecule has 2 fully saturated rings. The van der Waals surface area contributed by atoms with E-state index in [1.807, 2.05) is 0 Å². The normalized spacial score (nSPS) is 31.6. The number of quaternary nitrogens is 1. The molecule has 0 spiro atoms. The topological polar surface area (TPSA) is 30.7 Å². The van der Waals surface area contributed by atoms with Gasteiger partial charge in [0.1, 0.15) is 5.60 Å². The summed E-state index contributed by atoms with van der Waals surface area (Å²) >= 11 is 6.49. The number of esters is 1. The summed E-state index contributed by atoms with van der Waals surface area (Å²) in [5.41, 5.74) is -0.169. The van der Waals surface area contributed by atoms with Gasteiger partial charge in [-0.15, -0.1) is 0 Å². The molecule has 3 nitrogen and oxygen atoms in total. The lowest BCUT2D eigenvalue weighted by Crippen LogP contribution is -3.10. The minimum atomic E-state index is -0.376. The summed E-state index contributed by atoms with van der Waals surface area (Å²) in [4.78, 5) is 13.5. The fourth-order valence-electron chi connectivity index (χ4n) is 3.45. The van der Waals surface area contributed by atoms with Gasteiger partial charge in [-0.1, -0.05) is 31.9 Å². The largest absolute Gasteiger partial charge is 0.457 e. The van der Waals surface area contributed by atoms with Gasteiger partial charge in [0.25, 0.3) is 0 Å². The quantitative estimate of drug-likeness (QED) is 0.595. The van der Waals surface area contributed by atoms with Crippen LogP contribution in [-0.2, 0) is 9.53 Å². The molecule has 0 aromatic carbocycles. The molecular weight excluding hydrogens is 362 g/mol. The van der Waals surface area contributed by atoms with E-state index >= 15 is 0 Å². The van der Waals surface area contributed by atoms with Crippen molar-refractivity contribution in [2.45, 2.75) is 47.9 Å². The van der Waals surface area contributed by atoms with E-state index in [2.05, 4.69) is 38.9 Å². The molecule has 1 aliphatic heterocycles. The van der Waals surface area contributed by atoms with Gasteiger partial charge in [-0.25, -0.2) is 4.79 Å². The maximum absolute atomic E-state index is 11.9. The Bertz CT molecular complexity index is 295. The summed E-state index contributed by atoms with van der Waals surface area (Å²) in [6, 6.07) is 0. The molecule has 0 unspecified atom stereocenters. The number of nitrogens with one attached hydrogen (secondary N) is 1. The standard InChI is InChI=1S/C13H21Br2NO2/c1-16-8-4-10(5-9-16)13(6-2-3-7-13)18-12(17)11(14)15/h10-11H,2-9H2,1H3/p+1. The first-order chi connectivity index (χ1) is 8.53. The maximum atomic E-state index is 11.9. The van der Waals surface area contributed by atoms with Crippen molar-refractivity contribution in [2.75, 3.05) is 20.1 Å². The SMILES string of the molecule is C[NH+]1CCC(C2(OC(=O)C(Br)Br)CCCC2)CC1. The van der Waals surface area contributed by atoms with E-state index in [-0.39, 0.29) is 15.3 Å². The molecule has 1 N–H and O–H groups in total. The number of ether oxygens (including phenoxy) is 1. The van der Waals surface area contributed by atoms with E-state index in [1.165, 1.54) is 38.8 Å². The van der Waals surface area contributed by atoms with Crippen molar-refractivity contribution < 1.29 is 14.4 Å². The zero-order chi connectivity index (χ0) is 13.2. The van der Waals surface area contributed by atoms with E-state index < -0.39 is 0 Å². The summed E-state index contributed by atoms with van der Waals surface area (Å²) in [5.74, 6) is 0.398. The van der Waals surface area contributed by atoms with Gasteiger partial charge < -0.3 is 9.64 Å². The minimum Gasteiger partial charge on any atom is -0.457 e. The van der Waals surface area contributed by atoms with Gasteiger partial charge in [0, 0.05) is 18.8 Å². The smallest absolute Gasteiger partial charge is 0.331 e. The van der Waals surface area contributed by atoms with Crippen molar-refractivity contribution in [1.82, 2.24) is 0 Å². The predicted molar refractivity (Wildman–Crippen MR) is 78.3 cm³/mol. The molecule has 0 bridgehead atoms. The van der Waals surface area contributed by atoms with Gasteiger partial charge in [-0.3, -0.25) is 0 Å². The molecule has 0 radical (unpaired) electrons. The lowest BCUT2D eigenvalue weighted by atomic mass is 9.79. The average molecular weight is 384 g/mol. The molecule has 1 aliphatic carbocycles. The highest BCUT2D eigenvalue weighted by Gasteiger charge is 2.46. The van der Waals surface area contributed by atoms with Crippen LogP contribution in [0.2, 0.25) is 0 Å². The molecule has 104 valence electrons. The predicted octanol–water partition coefficient (Wildman–Crippen LogP) is 1.88. The lowest BCUT2D eigenvalue weighted by molar-refractivity contribution is -0.886. The van der Waals surface area contributed by atoms with Crippen LogP contribution in [0.4, 0.5) is 0 Å². The summed E-state index contributed by atoms with van der Waals surface area (Å²) in [5, 5.41) is 0. The zero-order valence-electron chi connectivity index (χ0n) is 10.9. The summed E-state index contributed by atoms with van der Waals surface area (Å²) in [7, 11) is 2.25. The fourth-order valence-corrected chi connectivity index (χ4v) is 3.64. The molecule has 0 aromatic rings. The lowest BCUT2D eigenvalue weighted by Gasteiger charge is -2.40. The number of hydrogen-bond donors (Lipinski definition) is 1. The van der Waals surface area contributed by atoms with Crippen LogP contribution in [0.1, 0.15) is 38.5 Å². The van der Waals surface area contributed by atoms with E-state index in [1.54, 1.807) is 4.90 Å². The third-order valence-corrected chi connectivity index (χ3v) is 5.26. The molecule has 0 amide bonds. The molecule has 1 heterocycles. The van der Waals surface area contributed by atoms with Crippen LogP contribution < -0.4 is 4.90 Å². The molecule has 1 saturated heterocycles. The minimum absolute atomic E-state index is 0.164. The van der Waals surface area contributed by atoms with Crippen molar-refractivity contribution in [3.63, 3.8) is 0 Å². The number of hydrogen-bond acceptors (Lipinski definition) is 2. The number of alkyl halides is 2. The first-order valence-corrected chi connectivity index (χ1v) is 8.69. The summed E-state index contributed by atoms with van der Waals surface area (Å²) in [6.07, 6.45) is 6.87. The Balaban J connectivity index is 2.04. The highest BCUT2D eigenvalue weighted by Crippen LogP contribution is 2.43. The summed E-state index contributed by atoms with van der Waals surface area (Å²) < 4.78 is 5.52. The van der Waals surface area contributed by atoms with Crippen molar-refractivity contribution >= 4 is 37.8 Å². The number of rotatable bonds is 3. The second-order valence-corrected chi connectivity index (χ2v) is 8.79. The van der Waals surface area contributed by atoms with Crippen LogP contribution in [-0.4, -0.2) is 35.4 Å². The first-order valence-electron chi connectivity index (χ1n) is 6.86. The monoisotopic (exact) mass is 382 g/mol. The van der Waals surface area contributed by atoms with Gasteiger partial charge in [0.15, 0.2) is 3.74 Å². The Kier molecular flexibility index (Phi) is 5.12. The average Bonchev–Trinajstić information content (AvgIpc) is 2.79. The second kappa shape index (κ2) is 6.23. The van der Waals surface area contributed by atoms with Crippen LogP contribution in [0, 0.1) is 5.92 Å². The number of carbonyl (C=O) groups excluding carboxylic acids is 1. The van der Waals surface area contributed by atoms with Gasteiger partial charge >= 0.3 is 5.97 Å². The third kappa shape index (κ3) is 3.28. The van der Waals surface area contributed by atoms with E-state index in [4.69, 9.17) is 4.74 Å². The van der Waals surface area contributed by atoms with Crippen LogP contribution in [0.25, 0.3) is 0 Å². The fraction of sp³-hybridized carbons (Fsp3) is 0.923.